The number of benzene rings is 1. The first-order chi connectivity index (χ1) is 7.99. The van der Waals surface area contributed by atoms with Crippen LogP contribution in [0.25, 0.3) is 0 Å². The smallest absolute Gasteiger partial charge is 0.203 e. The summed E-state index contributed by atoms with van der Waals surface area (Å²) in [4.78, 5) is 14.2. The van der Waals surface area contributed by atoms with Crippen molar-refractivity contribution in [3.63, 3.8) is 0 Å². The molecule has 0 aliphatic rings. The molecule has 1 aromatic carbocycles. The molecule has 0 aliphatic carbocycles. The van der Waals surface area contributed by atoms with Crippen molar-refractivity contribution >= 4 is 38.7 Å². The van der Waals surface area contributed by atoms with Crippen LogP contribution >= 0.6 is 27.3 Å². The number of rotatable bonds is 2. The van der Waals surface area contributed by atoms with Crippen molar-refractivity contribution in [2.24, 2.45) is 0 Å². The predicted octanol–water partition coefficient (Wildman–Crippen LogP) is 3.94. The van der Waals surface area contributed by atoms with Crippen molar-refractivity contribution in [3.8, 4) is 0 Å². The van der Waals surface area contributed by atoms with Crippen LogP contribution < -0.4 is 5.73 Å². The number of ketones is 1. The van der Waals surface area contributed by atoms with E-state index in [4.69, 9.17) is 5.73 Å². The van der Waals surface area contributed by atoms with Gasteiger partial charge in [-0.05, 0) is 53.5 Å². The van der Waals surface area contributed by atoms with Gasteiger partial charge < -0.3 is 5.73 Å². The lowest BCUT2D eigenvalue weighted by molar-refractivity contribution is 0.104. The number of aryl methyl sites for hydroxylation is 2. The number of anilines is 1. The largest absolute Gasteiger partial charge is 0.399 e. The molecule has 2 rings (SSSR count). The Balaban J connectivity index is 2.47. The molecule has 4 heteroatoms. The van der Waals surface area contributed by atoms with Gasteiger partial charge in [-0.25, -0.2) is 0 Å². The molecular formula is C13H12BrNOS. The second-order valence-electron chi connectivity index (χ2n) is 3.92. The van der Waals surface area contributed by atoms with E-state index in [1.54, 1.807) is 6.07 Å². The van der Waals surface area contributed by atoms with Gasteiger partial charge in [0.2, 0.25) is 5.78 Å². The monoisotopic (exact) mass is 309 g/mol. The van der Waals surface area contributed by atoms with Crippen LogP contribution in [0.3, 0.4) is 0 Å². The molecule has 0 saturated carbocycles. The minimum atomic E-state index is 0.0357. The first-order valence-electron chi connectivity index (χ1n) is 5.16. The second-order valence-corrected chi connectivity index (χ2v) is 6.03. The molecule has 0 aliphatic heterocycles. The van der Waals surface area contributed by atoms with Gasteiger partial charge in [-0.15, -0.1) is 11.3 Å². The zero-order valence-electron chi connectivity index (χ0n) is 9.58. The highest BCUT2D eigenvalue weighted by molar-refractivity contribution is 9.10. The molecule has 0 unspecified atom stereocenters. The molecular weight excluding hydrogens is 298 g/mol. The van der Waals surface area contributed by atoms with E-state index < -0.39 is 0 Å². The average molecular weight is 310 g/mol. The third kappa shape index (κ3) is 2.42. The van der Waals surface area contributed by atoms with E-state index in [9.17, 15) is 4.79 Å². The molecule has 1 aromatic heterocycles. The molecule has 2 aromatic rings. The second kappa shape index (κ2) is 4.63. The highest BCUT2D eigenvalue weighted by atomic mass is 79.9. The van der Waals surface area contributed by atoms with E-state index in [-0.39, 0.29) is 5.78 Å². The molecule has 88 valence electrons. The number of carbonyl (C=O) groups is 1. The summed E-state index contributed by atoms with van der Waals surface area (Å²) in [5.74, 6) is 0.0357. The summed E-state index contributed by atoms with van der Waals surface area (Å²) in [5, 5.41) is 0. The van der Waals surface area contributed by atoms with Crippen LogP contribution in [0, 0.1) is 13.8 Å². The quantitative estimate of drug-likeness (QED) is 0.674. The molecule has 0 spiro atoms. The Labute approximate surface area is 113 Å². The maximum absolute atomic E-state index is 12.3. The maximum atomic E-state index is 12.3. The fourth-order valence-electron chi connectivity index (χ4n) is 1.59. The lowest BCUT2D eigenvalue weighted by Gasteiger charge is -2.04. The normalized spacial score (nSPS) is 10.5. The predicted molar refractivity (Wildman–Crippen MR) is 75.8 cm³/mol. The standard InChI is InChI=1S/C13H12BrNOS/c1-7-3-4-9(15)5-10(7)13(16)12-6-11(14)8(2)17-12/h3-6H,15H2,1-2H3. The Kier molecular flexibility index (Phi) is 3.35. The summed E-state index contributed by atoms with van der Waals surface area (Å²) in [6.45, 7) is 3.90. The van der Waals surface area contributed by atoms with Crippen LogP contribution in [0.2, 0.25) is 0 Å². The Morgan fingerprint density at radius 2 is 2.00 bits per heavy atom. The fourth-order valence-corrected chi connectivity index (χ4v) is 3.08. The molecule has 0 saturated heterocycles. The number of carbonyl (C=O) groups excluding carboxylic acids is 1. The van der Waals surface area contributed by atoms with Crippen LogP contribution in [-0.4, -0.2) is 5.78 Å². The van der Waals surface area contributed by atoms with Crippen molar-refractivity contribution < 1.29 is 4.79 Å². The molecule has 0 bridgehead atoms. The minimum absolute atomic E-state index is 0.0357. The van der Waals surface area contributed by atoms with E-state index in [2.05, 4.69) is 15.9 Å². The van der Waals surface area contributed by atoms with Crippen LogP contribution in [0.5, 0.6) is 0 Å². The number of halogens is 1. The third-order valence-corrected chi connectivity index (χ3v) is 4.72. The SMILES string of the molecule is Cc1ccc(N)cc1C(=O)c1cc(Br)c(C)s1. The lowest BCUT2D eigenvalue weighted by atomic mass is 10.0. The number of thiophene rings is 1. The van der Waals surface area contributed by atoms with Gasteiger partial charge >= 0.3 is 0 Å². The Bertz CT molecular complexity index is 570. The highest BCUT2D eigenvalue weighted by Crippen LogP contribution is 2.29. The van der Waals surface area contributed by atoms with E-state index >= 15 is 0 Å². The molecule has 2 N–H and O–H groups in total. The molecule has 0 radical (unpaired) electrons. The van der Waals surface area contributed by atoms with Crippen LogP contribution in [-0.2, 0) is 0 Å². The molecule has 17 heavy (non-hydrogen) atoms. The molecule has 0 amide bonds. The van der Waals surface area contributed by atoms with E-state index in [1.165, 1.54) is 11.3 Å². The van der Waals surface area contributed by atoms with Gasteiger partial charge in [0.25, 0.3) is 0 Å². The molecule has 0 fully saturated rings. The fraction of sp³-hybridized carbons (Fsp3) is 0.154. The van der Waals surface area contributed by atoms with Crippen molar-refractivity contribution in [1.82, 2.24) is 0 Å². The Morgan fingerprint density at radius 3 is 2.59 bits per heavy atom. The number of hydrogen-bond acceptors (Lipinski definition) is 3. The summed E-state index contributed by atoms with van der Waals surface area (Å²) in [6, 6.07) is 7.28. The number of nitrogen functional groups attached to an aromatic ring is 1. The average Bonchev–Trinajstić information content (AvgIpc) is 2.62. The van der Waals surface area contributed by atoms with Crippen molar-refractivity contribution in [2.45, 2.75) is 13.8 Å². The maximum Gasteiger partial charge on any atom is 0.203 e. The van der Waals surface area contributed by atoms with Gasteiger partial charge in [-0.1, -0.05) is 6.07 Å². The molecule has 1 heterocycles. The minimum Gasteiger partial charge on any atom is -0.399 e. The van der Waals surface area contributed by atoms with Crippen LogP contribution in [0.1, 0.15) is 25.7 Å². The summed E-state index contributed by atoms with van der Waals surface area (Å²) in [6.07, 6.45) is 0. The number of nitrogens with two attached hydrogens (primary N) is 1. The molecule has 0 atom stereocenters. The van der Waals surface area contributed by atoms with E-state index in [0.29, 0.717) is 11.3 Å². The van der Waals surface area contributed by atoms with Gasteiger partial charge in [0.15, 0.2) is 0 Å². The first-order valence-corrected chi connectivity index (χ1v) is 6.76. The summed E-state index contributed by atoms with van der Waals surface area (Å²) in [5.41, 5.74) is 7.97. The summed E-state index contributed by atoms with van der Waals surface area (Å²) >= 11 is 4.92. The van der Waals surface area contributed by atoms with E-state index in [0.717, 1.165) is 19.8 Å². The first kappa shape index (κ1) is 12.3. The van der Waals surface area contributed by atoms with Gasteiger partial charge in [0.05, 0.1) is 4.88 Å². The zero-order valence-corrected chi connectivity index (χ0v) is 12.0. The zero-order chi connectivity index (χ0) is 12.6. The van der Waals surface area contributed by atoms with Crippen molar-refractivity contribution in [3.05, 3.63) is 49.6 Å². The van der Waals surface area contributed by atoms with E-state index in [1.807, 2.05) is 32.0 Å². The van der Waals surface area contributed by atoms with Gasteiger partial charge in [-0.2, -0.15) is 0 Å². The Hall–Kier alpha value is -1.13. The highest BCUT2D eigenvalue weighted by Gasteiger charge is 2.15. The van der Waals surface area contributed by atoms with Crippen molar-refractivity contribution in [2.75, 3.05) is 5.73 Å². The summed E-state index contributed by atoms with van der Waals surface area (Å²) in [7, 11) is 0. The summed E-state index contributed by atoms with van der Waals surface area (Å²) < 4.78 is 0.979. The van der Waals surface area contributed by atoms with Gasteiger partial charge in [0, 0.05) is 20.6 Å². The Morgan fingerprint density at radius 1 is 1.29 bits per heavy atom. The van der Waals surface area contributed by atoms with Gasteiger partial charge in [-0.3, -0.25) is 4.79 Å². The number of hydrogen-bond donors (Lipinski definition) is 1. The van der Waals surface area contributed by atoms with Crippen molar-refractivity contribution in [1.29, 1.82) is 0 Å². The van der Waals surface area contributed by atoms with Gasteiger partial charge in [0.1, 0.15) is 0 Å². The van der Waals surface area contributed by atoms with Crippen LogP contribution in [0.15, 0.2) is 28.7 Å². The lowest BCUT2D eigenvalue weighted by Crippen LogP contribution is -2.02. The van der Waals surface area contributed by atoms with Crippen LogP contribution in [0.4, 0.5) is 5.69 Å². The topological polar surface area (TPSA) is 43.1 Å². The third-order valence-electron chi connectivity index (χ3n) is 2.59. The molecule has 2 nitrogen and oxygen atoms in total.